The number of H-pyrrole nitrogens is 1. The van der Waals surface area contributed by atoms with Gasteiger partial charge >= 0.3 is 0 Å². The SMILES string of the molecule is CSc1ccc2cc(CN3CCC(N(C)C(C)=O)C3)c(=O)[nH]c2c1. The van der Waals surface area contributed by atoms with Crippen LogP contribution in [0.4, 0.5) is 0 Å². The molecule has 0 aliphatic carbocycles. The van der Waals surface area contributed by atoms with Crippen LogP contribution in [0.5, 0.6) is 0 Å². The minimum Gasteiger partial charge on any atom is -0.342 e. The monoisotopic (exact) mass is 345 g/mol. The van der Waals surface area contributed by atoms with Gasteiger partial charge in [-0.3, -0.25) is 14.5 Å². The van der Waals surface area contributed by atoms with E-state index in [1.165, 1.54) is 0 Å². The van der Waals surface area contributed by atoms with Gasteiger partial charge in [0.25, 0.3) is 5.56 Å². The molecule has 1 aromatic carbocycles. The topological polar surface area (TPSA) is 56.4 Å². The molecule has 1 atom stereocenters. The fourth-order valence-electron chi connectivity index (χ4n) is 3.24. The summed E-state index contributed by atoms with van der Waals surface area (Å²) in [7, 11) is 1.85. The van der Waals surface area contributed by atoms with Crippen LogP contribution < -0.4 is 5.56 Å². The van der Waals surface area contributed by atoms with E-state index in [2.05, 4.69) is 22.0 Å². The van der Waals surface area contributed by atoms with Crippen LogP contribution in [0.2, 0.25) is 0 Å². The Hall–Kier alpha value is -1.79. The lowest BCUT2D eigenvalue weighted by atomic mass is 10.1. The summed E-state index contributed by atoms with van der Waals surface area (Å²) in [5, 5.41) is 1.05. The van der Waals surface area contributed by atoms with E-state index >= 15 is 0 Å². The van der Waals surface area contributed by atoms with Gasteiger partial charge in [-0.15, -0.1) is 11.8 Å². The number of likely N-dealkylation sites (tertiary alicyclic amines) is 1. The highest BCUT2D eigenvalue weighted by atomic mass is 32.2. The Morgan fingerprint density at radius 2 is 2.21 bits per heavy atom. The highest BCUT2D eigenvalue weighted by Crippen LogP contribution is 2.21. The van der Waals surface area contributed by atoms with Crippen LogP contribution in [0.1, 0.15) is 18.9 Å². The number of nitrogens with zero attached hydrogens (tertiary/aromatic N) is 2. The molecule has 1 saturated heterocycles. The first-order chi connectivity index (χ1) is 11.5. The van der Waals surface area contributed by atoms with Crippen molar-refractivity contribution in [1.82, 2.24) is 14.8 Å². The first-order valence-electron chi connectivity index (χ1n) is 8.13. The summed E-state index contributed by atoms with van der Waals surface area (Å²) in [5.41, 5.74) is 1.64. The van der Waals surface area contributed by atoms with Crippen LogP contribution in [0.25, 0.3) is 10.9 Å². The number of hydrogen-bond acceptors (Lipinski definition) is 4. The second kappa shape index (κ2) is 6.99. The standard InChI is InChI=1S/C18H23N3O2S/c1-12(22)20(2)15-6-7-21(11-15)10-14-8-13-4-5-16(24-3)9-17(13)19-18(14)23/h4-5,8-9,15H,6-7,10-11H2,1-3H3,(H,19,23). The molecule has 5 nitrogen and oxygen atoms in total. The maximum absolute atomic E-state index is 12.4. The van der Waals surface area contributed by atoms with Crippen LogP contribution in [0, 0.1) is 0 Å². The van der Waals surface area contributed by atoms with E-state index < -0.39 is 0 Å². The molecule has 0 saturated carbocycles. The quantitative estimate of drug-likeness (QED) is 0.864. The fraction of sp³-hybridized carbons (Fsp3) is 0.444. The van der Waals surface area contributed by atoms with Crippen LogP contribution in [0.3, 0.4) is 0 Å². The van der Waals surface area contributed by atoms with Crippen molar-refractivity contribution in [3.05, 3.63) is 40.2 Å². The second-order valence-corrected chi connectivity index (χ2v) is 7.26. The van der Waals surface area contributed by atoms with Crippen molar-refractivity contribution < 1.29 is 4.79 Å². The smallest absolute Gasteiger partial charge is 0.252 e. The summed E-state index contributed by atoms with van der Waals surface area (Å²) >= 11 is 1.66. The minimum absolute atomic E-state index is 0.0240. The summed E-state index contributed by atoms with van der Waals surface area (Å²) in [4.78, 5) is 32.1. The normalized spacial score (nSPS) is 18.2. The Morgan fingerprint density at radius 1 is 1.42 bits per heavy atom. The van der Waals surface area contributed by atoms with Gasteiger partial charge in [-0.05, 0) is 36.3 Å². The number of carbonyl (C=O) groups excluding carboxylic acids is 1. The second-order valence-electron chi connectivity index (χ2n) is 6.38. The highest BCUT2D eigenvalue weighted by molar-refractivity contribution is 7.98. The molecule has 2 heterocycles. The molecule has 1 aliphatic heterocycles. The van der Waals surface area contributed by atoms with Gasteiger partial charge in [0.15, 0.2) is 0 Å². The third-order valence-corrected chi connectivity index (χ3v) is 5.54. The zero-order valence-corrected chi connectivity index (χ0v) is 15.2. The first kappa shape index (κ1) is 17.0. The molecule has 3 rings (SSSR count). The third kappa shape index (κ3) is 3.49. The Morgan fingerprint density at radius 3 is 2.92 bits per heavy atom. The van der Waals surface area contributed by atoms with Gasteiger partial charge in [-0.25, -0.2) is 0 Å². The number of fused-ring (bicyclic) bond motifs is 1. The molecule has 1 N–H and O–H groups in total. The molecule has 128 valence electrons. The van der Waals surface area contributed by atoms with E-state index in [-0.39, 0.29) is 17.5 Å². The highest BCUT2D eigenvalue weighted by Gasteiger charge is 2.27. The largest absolute Gasteiger partial charge is 0.342 e. The number of hydrogen-bond donors (Lipinski definition) is 1. The van der Waals surface area contributed by atoms with Crippen molar-refractivity contribution in [3.8, 4) is 0 Å². The predicted molar refractivity (Wildman–Crippen MR) is 98.5 cm³/mol. The zero-order chi connectivity index (χ0) is 17.3. The molecular formula is C18H23N3O2S. The van der Waals surface area contributed by atoms with E-state index in [4.69, 9.17) is 0 Å². The average molecular weight is 345 g/mol. The zero-order valence-electron chi connectivity index (χ0n) is 14.3. The van der Waals surface area contributed by atoms with Gasteiger partial charge in [0.2, 0.25) is 5.91 Å². The van der Waals surface area contributed by atoms with Gasteiger partial charge in [0.1, 0.15) is 0 Å². The lowest BCUT2D eigenvalue weighted by Crippen LogP contribution is -2.37. The number of aromatic amines is 1. The van der Waals surface area contributed by atoms with Crippen LogP contribution >= 0.6 is 11.8 Å². The molecule has 2 aromatic rings. The Labute approximate surface area is 146 Å². The lowest BCUT2D eigenvalue weighted by Gasteiger charge is -2.23. The number of carbonyl (C=O) groups is 1. The molecule has 0 radical (unpaired) electrons. The van der Waals surface area contributed by atoms with Gasteiger partial charge in [0.05, 0.1) is 0 Å². The van der Waals surface area contributed by atoms with E-state index in [1.807, 2.05) is 25.4 Å². The van der Waals surface area contributed by atoms with Gasteiger partial charge in [-0.1, -0.05) is 6.07 Å². The number of aromatic nitrogens is 1. The van der Waals surface area contributed by atoms with Crippen molar-refractivity contribution in [3.63, 3.8) is 0 Å². The van der Waals surface area contributed by atoms with E-state index in [0.717, 1.165) is 40.9 Å². The molecule has 6 heteroatoms. The van der Waals surface area contributed by atoms with Gasteiger partial charge < -0.3 is 9.88 Å². The number of likely N-dealkylation sites (N-methyl/N-ethyl adjacent to an activating group) is 1. The molecule has 1 aromatic heterocycles. The maximum Gasteiger partial charge on any atom is 0.252 e. The van der Waals surface area contributed by atoms with Crippen LogP contribution in [0.15, 0.2) is 34.0 Å². The van der Waals surface area contributed by atoms with Gasteiger partial charge in [0, 0.05) is 55.6 Å². The number of benzene rings is 1. The number of thioether (sulfide) groups is 1. The average Bonchev–Trinajstić information content (AvgIpc) is 3.02. The van der Waals surface area contributed by atoms with Crippen LogP contribution in [-0.4, -0.2) is 53.1 Å². The summed E-state index contributed by atoms with van der Waals surface area (Å²) in [5.74, 6) is 0.0926. The number of nitrogens with one attached hydrogen (secondary N) is 1. The third-order valence-electron chi connectivity index (χ3n) is 4.82. The van der Waals surface area contributed by atoms with Crippen LogP contribution in [-0.2, 0) is 11.3 Å². The number of amides is 1. The molecule has 1 aliphatic rings. The molecule has 0 spiro atoms. The van der Waals surface area contributed by atoms with E-state index in [1.54, 1.807) is 23.6 Å². The van der Waals surface area contributed by atoms with Crippen molar-refractivity contribution >= 4 is 28.6 Å². The van der Waals surface area contributed by atoms with Crippen molar-refractivity contribution in [2.24, 2.45) is 0 Å². The first-order valence-corrected chi connectivity index (χ1v) is 9.36. The molecular weight excluding hydrogens is 322 g/mol. The molecule has 1 fully saturated rings. The Kier molecular flexibility index (Phi) is 4.96. The number of pyridine rings is 1. The fourth-order valence-corrected chi connectivity index (χ4v) is 3.68. The summed E-state index contributed by atoms with van der Waals surface area (Å²) < 4.78 is 0. The Bertz CT molecular complexity index is 818. The van der Waals surface area contributed by atoms with Gasteiger partial charge in [-0.2, -0.15) is 0 Å². The number of rotatable bonds is 4. The Balaban J connectivity index is 1.77. The van der Waals surface area contributed by atoms with Crippen molar-refractivity contribution in [2.75, 3.05) is 26.4 Å². The molecule has 1 amide bonds. The molecule has 24 heavy (non-hydrogen) atoms. The van der Waals surface area contributed by atoms with E-state index in [0.29, 0.717) is 6.54 Å². The van der Waals surface area contributed by atoms with E-state index in [9.17, 15) is 9.59 Å². The summed E-state index contributed by atoms with van der Waals surface area (Å²) in [6.45, 7) is 3.95. The predicted octanol–water partition coefficient (Wildman–Crippen LogP) is 2.30. The maximum atomic E-state index is 12.4. The van der Waals surface area contributed by atoms with Crippen molar-refractivity contribution in [1.29, 1.82) is 0 Å². The minimum atomic E-state index is -0.0240. The summed E-state index contributed by atoms with van der Waals surface area (Å²) in [6.07, 6.45) is 2.98. The molecule has 0 bridgehead atoms. The summed E-state index contributed by atoms with van der Waals surface area (Å²) in [6, 6.07) is 8.37. The lowest BCUT2D eigenvalue weighted by molar-refractivity contribution is -0.129. The van der Waals surface area contributed by atoms with Crippen molar-refractivity contribution in [2.45, 2.75) is 30.8 Å². The molecule has 1 unspecified atom stereocenters.